The van der Waals surface area contributed by atoms with Gasteiger partial charge in [0.05, 0.1) is 6.20 Å². The first-order valence-electron chi connectivity index (χ1n) is 3.02. The first-order valence-corrected chi connectivity index (χ1v) is 3.40. The number of aromatic amines is 1. The van der Waals surface area contributed by atoms with E-state index in [2.05, 4.69) is 16.9 Å². The van der Waals surface area contributed by atoms with Gasteiger partial charge in [-0.15, -0.1) is 0 Å². The number of halogens is 1. The summed E-state index contributed by atoms with van der Waals surface area (Å²) in [7, 11) is 0. The molecule has 0 radical (unpaired) electrons. The van der Waals surface area contributed by atoms with E-state index in [-0.39, 0.29) is 0 Å². The molecule has 2 nitrogen and oxygen atoms in total. The molecule has 0 saturated heterocycles. The average molecular weight is 145 g/mol. The molecule has 9 heavy (non-hydrogen) atoms. The van der Waals surface area contributed by atoms with Crippen LogP contribution in [0.25, 0.3) is 0 Å². The SMILES string of the molecule is CCCc1ncc(Cl)[nH]1. The molecule has 0 aliphatic heterocycles. The van der Waals surface area contributed by atoms with Crippen LogP contribution < -0.4 is 0 Å². The summed E-state index contributed by atoms with van der Waals surface area (Å²) >= 11 is 5.58. The van der Waals surface area contributed by atoms with Crippen molar-refractivity contribution >= 4 is 11.6 Å². The lowest BCUT2D eigenvalue weighted by Gasteiger charge is -1.86. The maximum absolute atomic E-state index is 5.58. The molecule has 1 aromatic heterocycles. The molecule has 0 aromatic carbocycles. The lowest BCUT2D eigenvalue weighted by molar-refractivity contribution is 0.857. The van der Waals surface area contributed by atoms with Crippen LogP contribution in [0.1, 0.15) is 19.2 Å². The van der Waals surface area contributed by atoms with Crippen LogP contribution in [0.15, 0.2) is 6.20 Å². The number of imidazole rings is 1. The molecule has 1 aromatic rings. The van der Waals surface area contributed by atoms with E-state index in [4.69, 9.17) is 11.6 Å². The van der Waals surface area contributed by atoms with Gasteiger partial charge in [-0.2, -0.15) is 0 Å². The van der Waals surface area contributed by atoms with Gasteiger partial charge in [-0.1, -0.05) is 18.5 Å². The first kappa shape index (κ1) is 6.62. The summed E-state index contributed by atoms with van der Waals surface area (Å²) in [5.74, 6) is 0.975. The van der Waals surface area contributed by atoms with Gasteiger partial charge in [-0.3, -0.25) is 0 Å². The van der Waals surface area contributed by atoms with E-state index in [9.17, 15) is 0 Å². The summed E-state index contributed by atoms with van der Waals surface area (Å²) in [6.07, 6.45) is 3.71. The standard InChI is InChI=1S/C6H9ClN2/c1-2-3-6-8-4-5(7)9-6/h4H,2-3H2,1H3,(H,8,9). The van der Waals surface area contributed by atoms with Crippen molar-refractivity contribution in [2.45, 2.75) is 19.8 Å². The molecule has 1 rings (SSSR count). The van der Waals surface area contributed by atoms with Gasteiger partial charge < -0.3 is 4.98 Å². The fraction of sp³-hybridized carbons (Fsp3) is 0.500. The quantitative estimate of drug-likeness (QED) is 0.676. The van der Waals surface area contributed by atoms with Crippen molar-refractivity contribution in [2.24, 2.45) is 0 Å². The van der Waals surface area contributed by atoms with E-state index in [1.807, 2.05) is 0 Å². The predicted molar refractivity (Wildman–Crippen MR) is 37.6 cm³/mol. The van der Waals surface area contributed by atoms with Gasteiger partial charge in [0, 0.05) is 6.42 Å². The Balaban J connectivity index is 2.61. The average Bonchev–Trinajstić information content (AvgIpc) is 2.17. The van der Waals surface area contributed by atoms with Crippen molar-refractivity contribution in [3.8, 4) is 0 Å². The summed E-state index contributed by atoms with van der Waals surface area (Å²) < 4.78 is 0. The van der Waals surface area contributed by atoms with Crippen LogP contribution in [0.4, 0.5) is 0 Å². The number of aryl methyl sites for hydroxylation is 1. The minimum Gasteiger partial charge on any atom is -0.333 e. The molecule has 0 saturated carbocycles. The van der Waals surface area contributed by atoms with Crippen LogP contribution in [-0.2, 0) is 6.42 Å². The molecular weight excluding hydrogens is 136 g/mol. The first-order chi connectivity index (χ1) is 4.33. The third-order valence-electron chi connectivity index (χ3n) is 1.08. The molecule has 0 bridgehead atoms. The fourth-order valence-corrected chi connectivity index (χ4v) is 0.859. The van der Waals surface area contributed by atoms with Crippen molar-refractivity contribution in [2.75, 3.05) is 0 Å². The van der Waals surface area contributed by atoms with Crippen molar-refractivity contribution in [1.29, 1.82) is 0 Å². The molecule has 0 aliphatic rings. The number of nitrogens with one attached hydrogen (secondary N) is 1. The van der Waals surface area contributed by atoms with Crippen LogP contribution in [0.3, 0.4) is 0 Å². The molecule has 0 spiro atoms. The summed E-state index contributed by atoms with van der Waals surface area (Å²) in [5, 5.41) is 0.624. The molecule has 1 N–H and O–H groups in total. The normalized spacial score (nSPS) is 10.0. The summed E-state index contributed by atoms with van der Waals surface area (Å²) in [6, 6.07) is 0. The van der Waals surface area contributed by atoms with E-state index in [1.165, 1.54) is 0 Å². The summed E-state index contributed by atoms with van der Waals surface area (Å²) in [6.45, 7) is 2.11. The number of hydrogen-bond donors (Lipinski definition) is 1. The number of nitrogens with zero attached hydrogens (tertiary/aromatic N) is 1. The van der Waals surface area contributed by atoms with Crippen molar-refractivity contribution in [3.05, 3.63) is 17.2 Å². The minimum absolute atomic E-state index is 0.624. The van der Waals surface area contributed by atoms with Crippen LogP contribution in [0.5, 0.6) is 0 Å². The van der Waals surface area contributed by atoms with Gasteiger partial charge >= 0.3 is 0 Å². The fourth-order valence-electron chi connectivity index (χ4n) is 0.701. The zero-order chi connectivity index (χ0) is 6.69. The lowest BCUT2D eigenvalue weighted by Crippen LogP contribution is -1.83. The number of hydrogen-bond acceptors (Lipinski definition) is 1. The van der Waals surface area contributed by atoms with E-state index in [1.54, 1.807) is 6.20 Å². The van der Waals surface area contributed by atoms with Crippen molar-refractivity contribution in [3.63, 3.8) is 0 Å². The highest BCUT2D eigenvalue weighted by Gasteiger charge is 1.93. The highest BCUT2D eigenvalue weighted by Crippen LogP contribution is 2.04. The highest BCUT2D eigenvalue weighted by atomic mass is 35.5. The Kier molecular flexibility index (Phi) is 2.11. The molecular formula is C6H9ClN2. The smallest absolute Gasteiger partial charge is 0.126 e. The Labute approximate surface area is 59.3 Å². The summed E-state index contributed by atoms with van der Waals surface area (Å²) in [5.41, 5.74) is 0. The van der Waals surface area contributed by atoms with Gasteiger partial charge in [0.2, 0.25) is 0 Å². The third kappa shape index (κ3) is 1.72. The Bertz CT molecular complexity index is 183. The van der Waals surface area contributed by atoms with Crippen molar-refractivity contribution < 1.29 is 0 Å². The molecule has 0 fully saturated rings. The Morgan fingerprint density at radius 1 is 1.78 bits per heavy atom. The Hall–Kier alpha value is -0.500. The van der Waals surface area contributed by atoms with E-state index >= 15 is 0 Å². The van der Waals surface area contributed by atoms with Gasteiger partial charge in [0.25, 0.3) is 0 Å². The van der Waals surface area contributed by atoms with Gasteiger partial charge in [0.15, 0.2) is 0 Å². The second kappa shape index (κ2) is 2.87. The van der Waals surface area contributed by atoms with Gasteiger partial charge in [-0.05, 0) is 6.42 Å². The minimum atomic E-state index is 0.624. The topological polar surface area (TPSA) is 28.7 Å². The number of rotatable bonds is 2. The van der Waals surface area contributed by atoms with Crippen LogP contribution >= 0.6 is 11.6 Å². The second-order valence-electron chi connectivity index (χ2n) is 1.93. The third-order valence-corrected chi connectivity index (χ3v) is 1.28. The second-order valence-corrected chi connectivity index (χ2v) is 2.34. The molecule has 3 heteroatoms. The number of H-pyrrole nitrogens is 1. The predicted octanol–water partition coefficient (Wildman–Crippen LogP) is 2.02. The maximum atomic E-state index is 5.58. The molecule has 1 heterocycles. The van der Waals surface area contributed by atoms with E-state index in [0.29, 0.717) is 5.15 Å². The zero-order valence-corrected chi connectivity index (χ0v) is 6.07. The number of aromatic nitrogens is 2. The molecule has 0 amide bonds. The lowest BCUT2D eigenvalue weighted by atomic mass is 10.3. The van der Waals surface area contributed by atoms with Crippen LogP contribution in [-0.4, -0.2) is 9.97 Å². The van der Waals surface area contributed by atoms with Crippen molar-refractivity contribution in [1.82, 2.24) is 9.97 Å². The molecule has 50 valence electrons. The largest absolute Gasteiger partial charge is 0.333 e. The summed E-state index contributed by atoms with van der Waals surface area (Å²) in [4.78, 5) is 6.95. The Morgan fingerprint density at radius 2 is 2.56 bits per heavy atom. The monoisotopic (exact) mass is 144 g/mol. The Morgan fingerprint density at radius 3 is 3.00 bits per heavy atom. The van der Waals surface area contributed by atoms with Crippen LogP contribution in [0, 0.1) is 0 Å². The highest BCUT2D eigenvalue weighted by molar-refractivity contribution is 6.29. The van der Waals surface area contributed by atoms with E-state index in [0.717, 1.165) is 18.7 Å². The molecule has 0 atom stereocenters. The van der Waals surface area contributed by atoms with Gasteiger partial charge in [0.1, 0.15) is 11.0 Å². The molecule has 0 unspecified atom stereocenters. The zero-order valence-electron chi connectivity index (χ0n) is 5.32. The van der Waals surface area contributed by atoms with E-state index < -0.39 is 0 Å². The molecule has 0 aliphatic carbocycles. The maximum Gasteiger partial charge on any atom is 0.126 e. The van der Waals surface area contributed by atoms with Gasteiger partial charge in [-0.25, -0.2) is 4.98 Å². The van der Waals surface area contributed by atoms with Crippen LogP contribution in [0.2, 0.25) is 5.15 Å².